The van der Waals surface area contributed by atoms with Crippen molar-refractivity contribution in [2.24, 2.45) is 0 Å². The summed E-state index contributed by atoms with van der Waals surface area (Å²) in [6.07, 6.45) is 3.40. The molecule has 0 bridgehead atoms. The van der Waals surface area contributed by atoms with Gasteiger partial charge in [-0.1, -0.05) is 24.9 Å². The maximum absolute atomic E-state index is 12.1. The molecule has 1 heterocycles. The van der Waals surface area contributed by atoms with E-state index in [9.17, 15) is 9.90 Å². The molecule has 114 valence electrons. The number of aryl methyl sites for hydroxylation is 1. The molecule has 0 aliphatic carbocycles. The van der Waals surface area contributed by atoms with E-state index in [-0.39, 0.29) is 10.6 Å². The molecular weight excluding hydrogens is 278 g/mol. The standard InChI is InChI=1S/C14H24ClN3O2/c1-6-7-8-18-12(19)11(15)10(9-16-18)17-13(2,3)14(4,5)20/h9,17,20H,6-8H2,1-5H3. The Morgan fingerprint density at radius 1 is 1.40 bits per heavy atom. The molecule has 5 nitrogen and oxygen atoms in total. The highest BCUT2D eigenvalue weighted by Gasteiger charge is 2.35. The molecule has 0 saturated carbocycles. The van der Waals surface area contributed by atoms with Gasteiger partial charge in [0.15, 0.2) is 0 Å². The monoisotopic (exact) mass is 301 g/mol. The highest BCUT2D eigenvalue weighted by atomic mass is 35.5. The molecule has 0 aromatic carbocycles. The van der Waals surface area contributed by atoms with Crippen LogP contribution in [0.2, 0.25) is 5.02 Å². The predicted octanol–water partition coefficient (Wildman–Crippen LogP) is 2.66. The first-order valence-corrected chi connectivity index (χ1v) is 7.24. The summed E-state index contributed by atoms with van der Waals surface area (Å²) < 4.78 is 1.37. The largest absolute Gasteiger partial charge is 0.388 e. The number of hydrogen-bond acceptors (Lipinski definition) is 4. The minimum absolute atomic E-state index is 0.105. The van der Waals surface area contributed by atoms with Crippen molar-refractivity contribution in [2.75, 3.05) is 5.32 Å². The van der Waals surface area contributed by atoms with E-state index in [0.29, 0.717) is 12.2 Å². The van der Waals surface area contributed by atoms with Crippen LogP contribution in [0.25, 0.3) is 0 Å². The van der Waals surface area contributed by atoms with E-state index < -0.39 is 11.1 Å². The topological polar surface area (TPSA) is 67.2 Å². The van der Waals surface area contributed by atoms with Crippen molar-refractivity contribution in [3.8, 4) is 0 Å². The van der Waals surface area contributed by atoms with Gasteiger partial charge < -0.3 is 10.4 Å². The van der Waals surface area contributed by atoms with E-state index in [2.05, 4.69) is 17.3 Å². The maximum atomic E-state index is 12.1. The van der Waals surface area contributed by atoms with Crippen LogP contribution >= 0.6 is 11.6 Å². The van der Waals surface area contributed by atoms with E-state index in [1.54, 1.807) is 13.8 Å². The Hall–Kier alpha value is -1.07. The molecular formula is C14H24ClN3O2. The van der Waals surface area contributed by atoms with Gasteiger partial charge in [0.25, 0.3) is 5.56 Å². The second kappa shape index (κ2) is 6.14. The lowest BCUT2D eigenvalue weighted by Gasteiger charge is -2.38. The van der Waals surface area contributed by atoms with E-state index in [4.69, 9.17) is 11.6 Å². The van der Waals surface area contributed by atoms with Crippen molar-refractivity contribution >= 4 is 17.3 Å². The van der Waals surface area contributed by atoms with Crippen LogP contribution in [0.4, 0.5) is 5.69 Å². The van der Waals surface area contributed by atoms with Gasteiger partial charge in [0.05, 0.1) is 23.0 Å². The summed E-state index contributed by atoms with van der Waals surface area (Å²) in [7, 11) is 0. The van der Waals surface area contributed by atoms with Gasteiger partial charge in [-0.05, 0) is 34.1 Å². The Kier molecular flexibility index (Phi) is 5.21. The summed E-state index contributed by atoms with van der Waals surface area (Å²) in [6.45, 7) is 9.68. The fourth-order valence-corrected chi connectivity index (χ4v) is 1.70. The SMILES string of the molecule is CCCCn1ncc(NC(C)(C)C(C)(C)O)c(Cl)c1=O. The molecule has 0 spiro atoms. The Morgan fingerprint density at radius 3 is 2.50 bits per heavy atom. The number of aromatic nitrogens is 2. The molecule has 0 amide bonds. The van der Waals surface area contributed by atoms with Gasteiger partial charge in [-0.25, -0.2) is 4.68 Å². The maximum Gasteiger partial charge on any atom is 0.287 e. The van der Waals surface area contributed by atoms with E-state index >= 15 is 0 Å². The highest BCUT2D eigenvalue weighted by Crippen LogP contribution is 2.27. The lowest BCUT2D eigenvalue weighted by Crippen LogP contribution is -2.51. The first-order valence-electron chi connectivity index (χ1n) is 6.86. The van der Waals surface area contributed by atoms with Crippen LogP contribution in [0.3, 0.4) is 0 Å². The Bertz CT molecular complexity index is 518. The molecule has 0 radical (unpaired) electrons. The third-order valence-corrected chi connectivity index (χ3v) is 4.05. The van der Waals surface area contributed by atoms with Crippen LogP contribution in [0.15, 0.2) is 11.0 Å². The molecule has 0 atom stereocenters. The number of hydrogen-bond donors (Lipinski definition) is 2. The van der Waals surface area contributed by atoms with Crippen molar-refractivity contribution in [1.82, 2.24) is 9.78 Å². The molecule has 1 rings (SSSR count). The number of unbranched alkanes of at least 4 members (excludes halogenated alkanes) is 1. The molecule has 0 unspecified atom stereocenters. The summed E-state index contributed by atoms with van der Waals surface area (Å²) in [5, 5.41) is 17.4. The first kappa shape index (κ1) is 17.0. The number of halogens is 1. The number of nitrogens with one attached hydrogen (secondary N) is 1. The second-order valence-corrected chi connectivity index (χ2v) is 6.44. The predicted molar refractivity (Wildman–Crippen MR) is 82.4 cm³/mol. The van der Waals surface area contributed by atoms with Gasteiger partial charge in [-0.15, -0.1) is 0 Å². The fraction of sp³-hybridized carbons (Fsp3) is 0.714. The molecule has 0 saturated heterocycles. The average molecular weight is 302 g/mol. The van der Waals surface area contributed by atoms with Gasteiger partial charge in [-0.3, -0.25) is 4.79 Å². The smallest absolute Gasteiger partial charge is 0.287 e. The van der Waals surface area contributed by atoms with E-state index in [1.165, 1.54) is 10.9 Å². The molecule has 0 fully saturated rings. The van der Waals surface area contributed by atoms with Crippen LogP contribution in [-0.4, -0.2) is 26.0 Å². The minimum atomic E-state index is -0.979. The second-order valence-electron chi connectivity index (χ2n) is 6.06. The fourth-order valence-electron chi connectivity index (χ4n) is 1.51. The third-order valence-electron chi connectivity index (χ3n) is 3.69. The Morgan fingerprint density at radius 2 is 2.00 bits per heavy atom. The van der Waals surface area contributed by atoms with E-state index in [1.807, 2.05) is 13.8 Å². The zero-order valence-corrected chi connectivity index (χ0v) is 13.6. The summed E-state index contributed by atoms with van der Waals surface area (Å²) in [4.78, 5) is 12.1. The molecule has 1 aromatic heterocycles. The molecule has 0 aliphatic heterocycles. The number of nitrogens with zero attached hydrogens (tertiary/aromatic N) is 2. The van der Waals surface area contributed by atoms with Gasteiger partial charge in [0.2, 0.25) is 0 Å². The average Bonchev–Trinajstić information content (AvgIpc) is 2.32. The van der Waals surface area contributed by atoms with Crippen molar-refractivity contribution in [2.45, 2.75) is 65.1 Å². The molecule has 20 heavy (non-hydrogen) atoms. The first-order chi connectivity index (χ1) is 9.10. The molecule has 6 heteroatoms. The van der Waals surface area contributed by atoms with E-state index in [0.717, 1.165) is 12.8 Å². The Labute approximate surface area is 125 Å². The minimum Gasteiger partial charge on any atom is -0.388 e. The number of anilines is 1. The van der Waals surface area contributed by atoms with Crippen molar-refractivity contribution in [3.63, 3.8) is 0 Å². The van der Waals surface area contributed by atoms with Gasteiger partial charge in [0.1, 0.15) is 5.02 Å². The molecule has 1 aromatic rings. The lowest BCUT2D eigenvalue weighted by molar-refractivity contribution is 0.0240. The summed E-state index contributed by atoms with van der Waals surface area (Å²) >= 11 is 6.12. The quantitative estimate of drug-likeness (QED) is 0.847. The van der Waals surface area contributed by atoms with Crippen LogP contribution in [0, 0.1) is 0 Å². The Balaban J connectivity index is 3.05. The summed E-state index contributed by atoms with van der Waals surface area (Å²) in [5.74, 6) is 0. The third kappa shape index (κ3) is 3.73. The summed E-state index contributed by atoms with van der Waals surface area (Å²) in [6, 6.07) is 0. The number of rotatable bonds is 6. The van der Waals surface area contributed by atoms with Crippen molar-refractivity contribution < 1.29 is 5.11 Å². The van der Waals surface area contributed by atoms with Crippen molar-refractivity contribution in [3.05, 3.63) is 21.6 Å². The lowest BCUT2D eigenvalue weighted by atomic mass is 9.86. The molecule has 2 N–H and O–H groups in total. The summed E-state index contributed by atoms with van der Waals surface area (Å²) in [5.41, 5.74) is -1.50. The van der Waals surface area contributed by atoms with Crippen LogP contribution in [0.1, 0.15) is 47.5 Å². The molecule has 0 aliphatic rings. The number of aliphatic hydroxyl groups is 1. The zero-order valence-electron chi connectivity index (χ0n) is 12.8. The van der Waals surface area contributed by atoms with Gasteiger partial charge in [-0.2, -0.15) is 5.10 Å². The van der Waals surface area contributed by atoms with Gasteiger partial charge >= 0.3 is 0 Å². The van der Waals surface area contributed by atoms with Crippen LogP contribution in [0.5, 0.6) is 0 Å². The van der Waals surface area contributed by atoms with Crippen LogP contribution < -0.4 is 10.9 Å². The zero-order chi connectivity index (χ0) is 15.6. The van der Waals surface area contributed by atoms with Gasteiger partial charge in [0, 0.05) is 6.54 Å². The van der Waals surface area contributed by atoms with Crippen molar-refractivity contribution in [1.29, 1.82) is 0 Å². The normalized spacial score (nSPS) is 12.6. The van der Waals surface area contributed by atoms with Crippen LogP contribution in [-0.2, 0) is 6.54 Å². The highest BCUT2D eigenvalue weighted by molar-refractivity contribution is 6.32.